The van der Waals surface area contributed by atoms with Gasteiger partial charge in [-0.3, -0.25) is 0 Å². The first kappa shape index (κ1) is 17.3. The maximum atomic E-state index is 14.0. The van der Waals surface area contributed by atoms with Gasteiger partial charge in [0.1, 0.15) is 5.82 Å². The third-order valence-electron chi connectivity index (χ3n) is 3.57. The average Bonchev–Trinajstić information content (AvgIpc) is 2.52. The predicted octanol–water partition coefficient (Wildman–Crippen LogP) is 5.84. The highest BCUT2D eigenvalue weighted by Crippen LogP contribution is 2.18. The van der Waals surface area contributed by atoms with Crippen LogP contribution in [0.1, 0.15) is 36.5 Å². The fraction of sp³-hybridized carbons (Fsp3) is 0.263. The van der Waals surface area contributed by atoms with E-state index < -0.39 is 17.5 Å². The van der Waals surface area contributed by atoms with Gasteiger partial charge in [0.15, 0.2) is 17.5 Å². The SMILES string of the molecule is CCCC=Cc1ccc(CCc2cc(F)c(F)c(F)c2)c(F)c1. The van der Waals surface area contributed by atoms with Crippen molar-refractivity contribution in [3.8, 4) is 0 Å². The monoisotopic (exact) mass is 322 g/mol. The zero-order valence-electron chi connectivity index (χ0n) is 12.9. The second kappa shape index (κ2) is 7.95. The molecule has 0 saturated carbocycles. The van der Waals surface area contributed by atoms with E-state index in [0.29, 0.717) is 11.1 Å². The lowest BCUT2D eigenvalue weighted by Gasteiger charge is -2.06. The van der Waals surface area contributed by atoms with Crippen LogP contribution < -0.4 is 0 Å². The average molecular weight is 322 g/mol. The van der Waals surface area contributed by atoms with E-state index >= 15 is 0 Å². The maximum Gasteiger partial charge on any atom is 0.194 e. The van der Waals surface area contributed by atoms with Crippen LogP contribution in [-0.2, 0) is 12.8 Å². The molecule has 0 atom stereocenters. The van der Waals surface area contributed by atoms with Crippen molar-refractivity contribution < 1.29 is 17.6 Å². The summed E-state index contributed by atoms with van der Waals surface area (Å²) in [5, 5.41) is 0. The summed E-state index contributed by atoms with van der Waals surface area (Å²) in [4.78, 5) is 0. The topological polar surface area (TPSA) is 0 Å². The first-order chi connectivity index (χ1) is 11.0. The van der Waals surface area contributed by atoms with Crippen LogP contribution in [0.15, 0.2) is 36.4 Å². The molecule has 0 aliphatic carbocycles. The van der Waals surface area contributed by atoms with E-state index in [4.69, 9.17) is 0 Å². The van der Waals surface area contributed by atoms with Gasteiger partial charge in [-0.2, -0.15) is 0 Å². The molecule has 0 fully saturated rings. The van der Waals surface area contributed by atoms with Crippen LogP contribution in [-0.4, -0.2) is 0 Å². The van der Waals surface area contributed by atoms with Gasteiger partial charge in [-0.05, 0) is 54.2 Å². The summed E-state index contributed by atoms with van der Waals surface area (Å²) in [6, 6.07) is 6.79. The molecule has 122 valence electrons. The Kier molecular flexibility index (Phi) is 5.97. The molecule has 0 radical (unpaired) electrons. The van der Waals surface area contributed by atoms with Crippen LogP contribution in [0, 0.1) is 23.3 Å². The smallest absolute Gasteiger partial charge is 0.194 e. The van der Waals surface area contributed by atoms with Crippen LogP contribution >= 0.6 is 0 Å². The number of aryl methyl sites for hydroxylation is 2. The van der Waals surface area contributed by atoms with Gasteiger partial charge in [-0.15, -0.1) is 0 Å². The van der Waals surface area contributed by atoms with Crippen molar-refractivity contribution in [1.82, 2.24) is 0 Å². The molecule has 2 aromatic rings. The van der Waals surface area contributed by atoms with Crippen LogP contribution in [0.25, 0.3) is 6.08 Å². The van der Waals surface area contributed by atoms with Gasteiger partial charge in [0.25, 0.3) is 0 Å². The highest BCUT2D eigenvalue weighted by molar-refractivity contribution is 5.50. The molecule has 2 rings (SSSR count). The Morgan fingerprint density at radius 3 is 2.17 bits per heavy atom. The van der Waals surface area contributed by atoms with Crippen LogP contribution in [0.5, 0.6) is 0 Å². The van der Waals surface area contributed by atoms with E-state index in [9.17, 15) is 17.6 Å². The molecule has 0 aliphatic heterocycles. The van der Waals surface area contributed by atoms with E-state index in [1.54, 1.807) is 12.1 Å². The molecule has 0 bridgehead atoms. The van der Waals surface area contributed by atoms with Crippen molar-refractivity contribution in [2.24, 2.45) is 0 Å². The van der Waals surface area contributed by atoms with Gasteiger partial charge in [0, 0.05) is 0 Å². The van der Waals surface area contributed by atoms with Crippen LogP contribution in [0.2, 0.25) is 0 Å². The quantitative estimate of drug-likeness (QED) is 0.463. The molecular formula is C19H18F4. The number of rotatable bonds is 6. The fourth-order valence-electron chi connectivity index (χ4n) is 2.29. The standard InChI is InChI=1S/C19H18F4/c1-2-3-4-5-13-6-8-15(16(20)10-13)9-7-14-11-17(21)19(23)18(22)12-14/h4-6,8,10-12H,2-3,7,9H2,1H3. The Bertz CT molecular complexity index is 682. The zero-order valence-corrected chi connectivity index (χ0v) is 12.9. The molecule has 0 nitrogen and oxygen atoms in total. The lowest BCUT2D eigenvalue weighted by molar-refractivity contribution is 0.445. The third-order valence-corrected chi connectivity index (χ3v) is 3.57. The van der Waals surface area contributed by atoms with E-state index in [1.165, 1.54) is 6.07 Å². The molecule has 0 aromatic heterocycles. The lowest BCUT2D eigenvalue weighted by Crippen LogP contribution is -1.99. The van der Waals surface area contributed by atoms with E-state index in [2.05, 4.69) is 6.92 Å². The highest BCUT2D eigenvalue weighted by Gasteiger charge is 2.11. The summed E-state index contributed by atoms with van der Waals surface area (Å²) in [6.07, 6.45) is 6.33. The second-order valence-electron chi connectivity index (χ2n) is 5.42. The Labute approximate surface area is 133 Å². The zero-order chi connectivity index (χ0) is 16.8. The Morgan fingerprint density at radius 2 is 1.57 bits per heavy atom. The summed E-state index contributed by atoms with van der Waals surface area (Å²) < 4.78 is 53.2. The first-order valence-corrected chi connectivity index (χ1v) is 7.59. The third kappa shape index (κ3) is 4.68. The fourth-order valence-corrected chi connectivity index (χ4v) is 2.29. The van der Waals surface area contributed by atoms with E-state index in [1.807, 2.05) is 12.2 Å². The van der Waals surface area contributed by atoms with Gasteiger partial charge in [0.05, 0.1) is 0 Å². The summed E-state index contributed by atoms with van der Waals surface area (Å²) in [5.74, 6) is -4.29. The molecule has 0 N–H and O–H groups in total. The summed E-state index contributed by atoms with van der Waals surface area (Å²) in [5.41, 5.74) is 1.54. The van der Waals surface area contributed by atoms with Gasteiger partial charge in [0.2, 0.25) is 0 Å². The van der Waals surface area contributed by atoms with Crippen molar-refractivity contribution in [2.75, 3.05) is 0 Å². The number of halogens is 4. The summed E-state index contributed by atoms with van der Waals surface area (Å²) in [7, 11) is 0. The van der Waals surface area contributed by atoms with Gasteiger partial charge in [-0.1, -0.05) is 37.6 Å². The van der Waals surface area contributed by atoms with Crippen molar-refractivity contribution in [3.05, 3.63) is 76.4 Å². The van der Waals surface area contributed by atoms with Gasteiger partial charge < -0.3 is 0 Å². The number of benzene rings is 2. The van der Waals surface area contributed by atoms with Gasteiger partial charge in [-0.25, -0.2) is 17.6 Å². The summed E-state index contributed by atoms with van der Waals surface area (Å²) in [6.45, 7) is 2.06. The van der Waals surface area contributed by atoms with Crippen molar-refractivity contribution in [2.45, 2.75) is 32.6 Å². The van der Waals surface area contributed by atoms with E-state index in [-0.39, 0.29) is 18.7 Å². The number of allylic oxidation sites excluding steroid dienone is 1. The lowest BCUT2D eigenvalue weighted by atomic mass is 10.0. The van der Waals surface area contributed by atoms with Crippen molar-refractivity contribution >= 4 is 6.08 Å². The molecule has 23 heavy (non-hydrogen) atoms. The minimum Gasteiger partial charge on any atom is -0.207 e. The van der Waals surface area contributed by atoms with Crippen LogP contribution in [0.4, 0.5) is 17.6 Å². The minimum absolute atomic E-state index is 0.232. The van der Waals surface area contributed by atoms with Crippen LogP contribution in [0.3, 0.4) is 0 Å². The highest BCUT2D eigenvalue weighted by atomic mass is 19.2. The van der Waals surface area contributed by atoms with Crippen molar-refractivity contribution in [3.63, 3.8) is 0 Å². The summed E-state index contributed by atoms with van der Waals surface area (Å²) >= 11 is 0. The Balaban J connectivity index is 2.06. The predicted molar refractivity (Wildman–Crippen MR) is 84.1 cm³/mol. The Morgan fingerprint density at radius 1 is 0.870 bits per heavy atom. The normalized spacial score (nSPS) is 11.3. The Hall–Kier alpha value is -2.10. The largest absolute Gasteiger partial charge is 0.207 e. The maximum absolute atomic E-state index is 14.0. The molecule has 0 heterocycles. The van der Waals surface area contributed by atoms with Gasteiger partial charge >= 0.3 is 0 Å². The molecule has 0 amide bonds. The number of hydrogen-bond acceptors (Lipinski definition) is 0. The minimum atomic E-state index is -1.48. The molecule has 0 saturated heterocycles. The second-order valence-corrected chi connectivity index (χ2v) is 5.42. The molecule has 0 aliphatic rings. The van der Waals surface area contributed by atoms with Crippen molar-refractivity contribution in [1.29, 1.82) is 0 Å². The number of hydrogen-bond donors (Lipinski definition) is 0. The number of unbranched alkanes of at least 4 members (excludes halogenated alkanes) is 1. The molecular weight excluding hydrogens is 304 g/mol. The molecule has 0 unspecified atom stereocenters. The molecule has 2 aromatic carbocycles. The molecule has 0 spiro atoms. The first-order valence-electron chi connectivity index (χ1n) is 7.59. The molecule has 4 heteroatoms. The van der Waals surface area contributed by atoms with E-state index in [0.717, 1.165) is 30.5 Å².